The third kappa shape index (κ3) is 4.28. The van der Waals surface area contributed by atoms with Gasteiger partial charge in [-0.2, -0.15) is 0 Å². The lowest BCUT2D eigenvalue weighted by Crippen LogP contribution is -2.30. The number of nitrogens with one attached hydrogen (secondary N) is 1. The Labute approximate surface area is 189 Å². The fourth-order valence-electron chi connectivity index (χ4n) is 4.52. The Hall–Kier alpha value is -3.12. The highest BCUT2D eigenvalue weighted by Gasteiger charge is 2.28. The molecule has 0 spiro atoms. The maximum absolute atomic E-state index is 12.9. The Bertz CT molecular complexity index is 1080. The Balaban J connectivity index is 1.82. The largest absolute Gasteiger partial charge is 0.456 e. The molecule has 1 fully saturated rings. The summed E-state index contributed by atoms with van der Waals surface area (Å²) in [6, 6.07) is 11.5. The van der Waals surface area contributed by atoms with Crippen LogP contribution in [0.3, 0.4) is 0 Å². The number of amides is 2. The van der Waals surface area contributed by atoms with Crippen LogP contribution in [0.5, 0.6) is 11.5 Å². The van der Waals surface area contributed by atoms with Crippen LogP contribution in [-0.2, 0) is 4.79 Å². The molecule has 1 saturated heterocycles. The van der Waals surface area contributed by atoms with Crippen molar-refractivity contribution in [3.05, 3.63) is 58.7 Å². The predicted octanol–water partition coefficient (Wildman–Crippen LogP) is 4.76. The van der Waals surface area contributed by atoms with Crippen molar-refractivity contribution in [2.45, 2.75) is 33.6 Å². The minimum Gasteiger partial charge on any atom is -0.456 e. The molecule has 4 rings (SSSR count). The van der Waals surface area contributed by atoms with E-state index in [2.05, 4.69) is 17.3 Å². The Kier molecular flexibility index (Phi) is 6.33. The molecule has 0 aromatic heterocycles. The van der Waals surface area contributed by atoms with Crippen molar-refractivity contribution < 1.29 is 14.3 Å². The van der Waals surface area contributed by atoms with Gasteiger partial charge < -0.3 is 19.9 Å². The molecule has 0 saturated carbocycles. The molecule has 0 radical (unpaired) electrons. The average Bonchev–Trinajstić information content (AvgIpc) is 2.78. The Morgan fingerprint density at radius 2 is 1.72 bits per heavy atom. The number of ether oxygens (including phenoxy) is 1. The normalized spacial score (nSPS) is 15.5. The predicted molar refractivity (Wildman–Crippen MR) is 127 cm³/mol. The molecule has 168 valence electrons. The van der Waals surface area contributed by atoms with E-state index in [-0.39, 0.29) is 11.8 Å². The number of rotatable bonds is 4. The molecular weight excluding hydrogens is 402 g/mol. The number of likely N-dealkylation sites (tertiary alicyclic amines) is 1. The SMILES string of the molecule is CCN(CC)C(=O)c1ccc2c(c1)Oc1ccc(NC(C)=O)cc1C2=C1CCN(C)CC1. The first-order valence-corrected chi connectivity index (χ1v) is 11.3. The number of hydrogen-bond donors (Lipinski definition) is 1. The zero-order valence-corrected chi connectivity index (χ0v) is 19.3. The second-order valence-electron chi connectivity index (χ2n) is 8.46. The summed E-state index contributed by atoms with van der Waals surface area (Å²) < 4.78 is 6.29. The van der Waals surface area contributed by atoms with Crippen molar-refractivity contribution in [1.82, 2.24) is 9.80 Å². The summed E-state index contributed by atoms with van der Waals surface area (Å²) in [4.78, 5) is 28.7. The maximum atomic E-state index is 12.9. The highest BCUT2D eigenvalue weighted by molar-refractivity contribution is 5.98. The zero-order chi connectivity index (χ0) is 22.8. The standard InChI is InChI=1S/C26H31N3O3/c1-5-29(6-2)26(31)19-7-9-21-24(15-19)32-23-10-8-20(27-17(3)30)16-22(23)25(21)18-11-13-28(4)14-12-18/h7-10,15-16H,5-6,11-14H2,1-4H3,(H,27,30). The molecule has 2 heterocycles. The van der Waals surface area contributed by atoms with Gasteiger partial charge in [0.25, 0.3) is 5.91 Å². The minimum atomic E-state index is -0.102. The quantitative estimate of drug-likeness (QED) is 0.644. The van der Waals surface area contributed by atoms with Crippen molar-refractivity contribution in [2.24, 2.45) is 0 Å². The van der Waals surface area contributed by atoms with E-state index in [0.29, 0.717) is 24.4 Å². The molecule has 2 aromatic carbocycles. The molecule has 32 heavy (non-hydrogen) atoms. The lowest BCUT2D eigenvalue weighted by molar-refractivity contribution is -0.114. The van der Waals surface area contributed by atoms with Gasteiger partial charge in [-0.3, -0.25) is 9.59 Å². The number of fused-ring (bicyclic) bond motifs is 2. The van der Waals surface area contributed by atoms with Crippen LogP contribution in [0.1, 0.15) is 55.1 Å². The number of benzene rings is 2. The number of anilines is 1. The number of nitrogens with zero attached hydrogens (tertiary/aromatic N) is 2. The summed E-state index contributed by atoms with van der Waals surface area (Å²) in [7, 11) is 2.15. The second kappa shape index (κ2) is 9.17. The minimum absolute atomic E-state index is 0.0155. The summed E-state index contributed by atoms with van der Waals surface area (Å²) in [5.74, 6) is 1.38. The number of carbonyl (C=O) groups excluding carboxylic acids is 2. The van der Waals surface area contributed by atoms with E-state index >= 15 is 0 Å². The van der Waals surface area contributed by atoms with Gasteiger partial charge in [0.1, 0.15) is 11.5 Å². The van der Waals surface area contributed by atoms with Gasteiger partial charge in [0.15, 0.2) is 0 Å². The van der Waals surface area contributed by atoms with Crippen LogP contribution < -0.4 is 10.1 Å². The average molecular weight is 434 g/mol. The number of piperidine rings is 1. The molecular formula is C26H31N3O3. The lowest BCUT2D eigenvalue weighted by atomic mass is 9.85. The number of hydrogen-bond acceptors (Lipinski definition) is 4. The van der Waals surface area contributed by atoms with Gasteiger partial charge in [0.2, 0.25) is 5.91 Å². The molecule has 0 unspecified atom stereocenters. The van der Waals surface area contributed by atoms with E-state index in [0.717, 1.165) is 48.5 Å². The highest BCUT2D eigenvalue weighted by atomic mass is 16.5. The third-order valence-electron chi connectivity index (χ3n) is 6.28. The molecule has 2 aliphatic heterocycles. The first-order valence-electron chi connectivity index (χ1n) is 11.3. The molecule has 1 N–H and O–H groups in total. The zero-order valence-electron chi connectivity index (χ0n) is 19.3. The summed E-state index contributed by atoms with van der Waals surface area (Å²) in [5.41, 5.74) is 5.94. The van der Waals surface area contributed by atoms with Gasteiger partial charge in [-0.05, 0) is 75.7 Å². The van der Waals surface area contributed by atoms with Gasteiger partial charge in [-0.15, -0.1) is 0 Å². The molecule has 0 bridgehead atoms. The molecule has 2 aliphatic rings. The van der Waals surface area contributed by atoms with Crippen LogP contribution in [-0.4, -0.2) is 54.8 Å². The van der Waals surface area contributed by atoms with Crippen LogP contribution in [0, 0.1) is 0 Å². The van der Waals surface area contributed by atoms with Gasteiger partial charge in [-0.1, -0.05) is 5.57 Å². The summed E-state index contributed by atoms with van der Waals surface area (Å²) in [6.45, 7) is 8.85. The van der Waals surface area contributed by atoms with Crippen molar-refractivity contribution in [3.8, 4) is 11.5 Å². The van der Waals surface area contributed by atoms with Crippen LogP contribution in [0.4, 0.5) is 5.69 Å². The molecule has 6 nitrogen and oxygen atoms in total. The molecule has 6 heteroatoms. The topological polar surface area (TPSA) is 61.9 Å². The van der Waals surface area contributed by atoms with E-state index in [1.807, 2.05) is 55.1 Å². The van der Waals surface area contributed by atoms with Crippen molar-refractivity contribution in [3.63, 3.8) is 0 Å². The first-order chi connectivity index (χ1) is 15.4. The molecule has 0 atom stereocenters. The van der Waals surface area contributed by atoms with Crippen LogP contribution in [0.15, 0.2) is 42.0 Å². The summed E-state index contributed by atoms with van der Waals surface area (Å²) >= 11 is 0. The van der Waals surface area contributed by atoms with E-state index in [1.54, 1.807) is 0 Å². The molecule has 2 amide bonds. The van der Waals surface area contributed by atoms with Crippen LogP contribution in [0.2, 0.25) is 0 Å². The Morgan fingerprint density at radius 3 is 2.38 bits per heavy atom. The van der Waals surface area contributed by atoms with Gasteiger partial charge in [0.05, 0.1) is 0 Å². The van der Waals surface area contributed by atoms with Crippen LogP contribution in [0.25, 0.3) is 5.57 Å². The Morgan fingerprint density at radius 1 is 1.00 bits per heavy atom. The van der Waals surface area contributed by atoms with E-state index in [9.17, 15) is 9.59 Å². The first kappa shape index (κ1) is 22.1. The molecule has 0 aliphatic carbocycles. The highest BCUT2D eigenvalue weighted by Crippen LogP contribution is 2.47. The monoisotopic (exact) mass is 433 g/mol. The van der Waals surface area contributed by atoms with Gasteiger partial charge in [0, 0.05) is 55.5 Å². The lowest BCUT2D eigenvalue weighted by Gasteiger charge is -2.31. The van der Waals surface area contributed by atoms with Crippen molar-refractivity contribution in [2.75, 3.05) is 38.5 Å². The van der Waals surface area contributed by atoms with Crippen molar-refractivity contribution in [1.29, 1.82) is 0 Å². The van der Waals surface area contributed by atoms with E-state index in [4.69, 9.17) is 4.74 Å². The summed E-state index contributed by atoms with van der Waals surface area (Å²) in [6.07, 6.45) is 1.96. The second-order valence-corrected chi connectivity index (χ2v) is 8.46. The number of carbonyl (C=O) groups is 2. The smallest absolute Gasteiger partial charge is 0.253 e. The van der Waals surface area contributed by atoms with E-state index in [1.165, 1.54) is 18.1 Å². The maximum Gasteiger partial charge on any atom is 0.253 e. The van der Waals surface area contributed by atoms with Crippen molar-refractivity contribution >= 4 is 23.1 Å². The van der Waals surface area contributed by atoms with Crippen LogP contribution >= 0.6 is 0 Å². The van der Waals surface area contributed by atoms with Gasteiger partial charge >= 0.3 is 0 Å². The summed E-state index contributed by atoms with van der Waals surface area (Å²) in [5, 5.41) is 2.88. The third-order valence-corrected chi connectivity index (χ3v) is 6.28. The molecule has 2 aromatic rings. The fraction of sp³-hybridized carbons (Fsp3) is 0.385. The van der Waals surface area contributed by atoms with Gasteiger partial charge in [-0.25, -0.2) is 0 Å². The van der Waals surface area contributed by atoms with E-state index < -0.39 is 0 Å². The fourth-order valence-corrected chi connectivity index (χ4v) is 4.52.